The van der Waals surface area contributed by atoms with E-state index in [1.165, 1.54) is 11.1 Å². The molecule has 1 aromatic heterocycles. The van der Waals surface area contributed by atoms with E-state index in [9.17, 15) is 0 Å². The van der Waals surface area contributed by atoms with E-state index in [1.54, 1.807) is 6.20 Å². The predicted molar refractivity (Wildman–Crippen MR) is 65.0 cm³/mol. The van der Waals surface area contributed by atoms with Crippen LogP contribution < -0.4 is 5.32 Å². The van der Waals surface area contributed by atoms with Crippen molar-refractivity contribution in [3.05, 3.63) is 53.3 Å². The number of rotatable bonds is 4. The van der Waals surface area contributed by atoms with Crippen molar-refractivity contribution in [1.82, 2.24) is 15.5 Å². The first kappa shape index (κ1) is 10.9. The van der Waals surface area contributed by atoms with E-state index in [0.717, 1.165) is 12.2 Å². The molecule has 0 radical (unpaired) electrons. The lowest BCUT2D eigenvalue weighted by Gasteiger charge is -2.14. The Hall–Kier alpha value is -1.61. The van der Waals surface area contributed by atoms with Gasteiger partial charge in [-0.3, -0.25) is 5.10 Å². The van der Waals surface area contributed by atoms with Crippen molar-refractivity contribution in [3.8, 4) is 0 Å². The van der Waals surface area contributed by atoms with Crippen LogP contribution in [0.15, 0.2) is 36.5 Å². The number of hydrogen-bond acceptors (Lipinski definition) is 2. The molecule has 2 rings (SSSR count). The Kier molecular flexibility index (Phi) is 3.37. The highest BCUT2D eigenvalue weighted by molar-refractivity contribution is 5.24. The third kappa shape index (κ3) is 2.70. The summed E-state index contributed by atoms with van der Waals surface area (Å²) in [6.07, 6.45) is 1.77. The Bertz CT molecular complexity index is 434. The van der Waals surface area contributed by atoms with Crippen LogP contribution >= 0.6 is 0 Å². The number of aromatic nitrogens is 2. The third-order valence-corrected chi connectivity index (χ3v) is 2.70. The van der Waals surface area contributed by atoms with E-state index >= 15 is 0 Å². The van der Waals surface area contributed by atoms with Gasteiger partial charge in [0.2, 0.25) is 0 Å². The molecule has 1 aromatic carbocycles. The monoisotopic (exact) mass is 215 g/mol. The molecule has 3 nitrogen and oxygen atoms in total. The fraction of sp³-hybridized carbons (Fsp3) is 0.308. The number of H-pyrrole nitrogens is 1. The lowest BCUT2D eigenvalue weighted by molar-refractivity contribution is 0.567. The molecule has 0 amide bonds. The van der Waals surface area contributed by atoms with Crippen molar-refractivity contribution < 1.29 is 0 Å². The first-order valence-electron chi connectivity index (χ1n) is 5.54. The highest BCUT2D eigenvalue weighted by Gasteiger charge is 2.04. The SMILES string of the molecule is Cc1cccc([C@H](C)NCc2ccn[nH]2)c1. The molecule has 0 aliphatic carbocycles. The maximum atomic E-state index is 3.92. The van der Waals surface area contributed by atoms with Gasteiger partial charge in [0.05, 0.1) is 0 Å². The van der Waals surface area contributed by atoms with Crippen LogP contribution in [0.1, 0.15) is 29.8 Å². The molecule has 0 fully saturated rings. The smallest absolute Gasteiger partial charge is 0.0490 e. The number of nitrogens with zero attached hydrogens (tertiary/aromatic N) is 1. The Morgan fingerprint density at radius 1 is 1.38 bits per heavy atom. The van der Waals surface area contributed by atoms with E-state index in [0.29, 0.717) is 6.04 Å². The molecule has 1 atom stereocenters. The zero-order valence-corrected chi connectivity index (χ0v) is 9.70. The highest BCUT2D eigenvalue weighted by Crippen LogP contribution is 2.13. The predicted octanol–water partition coefficient (Wildman–Crippen LogP) is 2.57. The zero-order chi connectivity index (χ0) is 11.4. The van der Waals surface area contributed by atoms with Gasteiger partial charge in [0.25, 0.3) is 0 Å². The number of aromatic amines is 1. The summed E-state index contributed by atoms with van der Waals surface area (Å²) >= 11 is 0. The molecule has 2 aromatic rings. The fourth-order valence-electron chi connectivity index (χ4n) is 1.70. The zero-order valence-electron chi connectivity index (χ0n) is 9.70. The molecule has 0 bridgehead atoms. The van der Waals surface area contributed by atoms with Gasteiger partial charge < -0.3 is 5.32 Å². The van der Waals surface area contributed by atoms with Crippen molar-refractivity contribution in [2.45, 2.75) is 26.4 Å². The van der Waals surface area contributed by atoms with Gasteiger partial charge >= 0.3 is 0 Å². The van der Waals surface area contributed by atoms with Gasteiger partial charge in [-0.15, -0.1) is 0 Å². The van der Waals surface area contributed by atoms with Gasteiger partial charge in [0.15, 0.2) is 0 Å². The first-order valence-corrected chi connectivity index (χ1v) is 5.54. The largest absolute Gasteiger partial charge is 0.305 e. The Morgan fingerprint density at radius 3 is 2.94 bits per heavy atom. The van der Waals surface area contributed by atoms with E-state index in [2.05, 4.69) is 53.6 Å². The molecule has 3 heteroatoms. The minimum Gasteiger partial charge on any atom is -0.305 e. The molecule has 2 N–H and O–H groups in total. The Labute approximate surface area is 95.9 Å². The fourth-order valence-corrected chi connectivity index (χ4v) is 1.70. The van der Waals surface area contributed by atoms with Crippen molar-refractivity contribution in [2.24, 2.45) is 0 Å². The van der Waals surface area contributed by atoms with Crippen LogP contribution in [-0.2, 0) is 6.54 Å². The molecule has 0 aliphatic heterocycles. The van der Waals surface area contributed by atoms with Crippen LogP contribution in [-0.4, -0.2) is 10.2 Å². The molecule has 0 saturated carbocycles. The summed E-state index contributed by atoms with van der Waals surface area (Å²) in [5, 5.41) is 10.3. The summed E-state index contributed by atoms with van der Waals surface area (Å²) in [5.74, 6) is 0. The lowest BCUT2D eigenvalue weighted by atomic mass is 10.1. The van der Waals surface area contributed by atoms with Crippen LogP contribution in [0.25, 0.3) is 0 Å². The van der Waals surface area contributed by atoms with Crippen molar-refractivity contribution >= 4 is 0 Å². The standard InChI is InChI=1S/C13H17N3/c1-10-4-3-5-12(8-10)11(2)14-9-13-6-7-15-16-13/h3-8,11,14H,9H2,1-2H3,(H,15,16)/t11-/m0/s1. The lowest BCUT2D eigenvalue weighted by Crippen LogP contribution is -2.18. The topological polar surface area (TPSA) is 40.7 Å². The van der Waals surface area contributed by atoms with Crippen LogP contribution in [0, 0.1) is 6.92 Å². The van der Waals surface area contributed by atoms with Gasteiger partial charge in [-0.05, 0) is 25.5 Å². The van der Waals surface area contributed by atoms with E-state index < -0.39 is 0 Å². The molecule has 0 aliphatic rings. The highest BCUT2D eigenvalue weighted by atomic mass is 15.1. The molecule has 84 valence electrons. The average molecular weight is 215 g/mol. The minimum absolute atomic E-state index is 0.350. The third-order valence-electron chi connectivity index (χ3n) is 2.70. The van der Waals surface area contributed by atoms with Gasteiger partial charge in [0.1, 0.15) is 0 Å². The normalized spacial score (nSPS) is 12.6. The second-order valence-electron chi connectivity index (χ2n) is 4.10. The summed E-state index contributed by atoms with van der Waals surface area (Å²) in [6.45, 7) is 5.10. The van der Waals surface area contributed by atoms with E-state index in [4.69, 9.17) is 0 Å². The summed E-state index contributed by atoms with van der Waals surface area (Å²) in [6, 6.07) is 10.9. The van der Waals surface area contributed by atoms with Crippen molar-refractivity contribution in [1.29, 1.82) is 0 Å². The van der Waals surface area contributed by atoms with Crippen LogP contribution in [0.3, 0.4) is 0 Å². The first-order chi connectivity index (χ1) is 7.75. The molecular weight excluding hydrogens is 198 g/mol. The van der Waals surface area contributed by atoms with Crippen LogP contribution in [0.5, 0.6) is 0 Å². The Balaban J connectivity index is 1.95. The van der Waals surface area contributed by atoms with Crippen LogP contribution in [0.2, 0.25) is 0 Å². The summed E-state index contributed by atoms with van der Waals surface area (Å²) in [5.41, 5.74) is 3.73. The van der Waals surface area contributed by atoms with Crippen LogP contribution in [0.4, 0.5) is 0 Å². The molecule has 0 spiro atoms. The second-order valence-corrected chi connectivity index (χ2v) is 4.10. The maximum Gasteiger partial charge on any atom is 0.0490 e. The van der Waals surface area contributed by atoms with Crippen molar-refractivity contribution in [3.63, 3.8) is 0 Å². The molecule has 1 heterocycles. The quantitative estimate of drug-likeness (QED) is 0.823. The molecule has 16 heavy (non-hydrogen) atoms. The summed E-state index contributed by atoms with van der Waals surface area (Å²) < 4.78 is 0. The van der Waals surface area contributed by atoms with Gasteiger partial charge in [-0.2, -0.15) is 5.10 Å². The summed E-state index contributed by atoms with van der Waals surface area (Å²) in [4.78, 5) is 0. The second kappa shape index (κ2) is 4.94. The molecule has 0 unspecified atom stereocenters. The maximum absolute atomic E-state index is 3.92. The van der Waals surface area contributed by atoms with Crippen molar-refractivity contribution in [2.75, 3.05) is 0 Å². The van der Waals surface area contributed by atoms with Gasteiger partial charge in [-0.25, -0.2) is 0 Å². The van der Waals surface area contributed by atoms with E-state index in [1.807, 2.05) is 6.07 Å². The van der Waals surface area contributed by atoms with E-state index in [-0.39, 0.29) is 0 Å². The van der Waals surface area contributed by atoms with Gasteiger partial charge in [0, 0.05) is 24.5 Å². The number of nitrogens with one attached hydrogen (secondary N) is 2. The number of benzene rings is 1. The molecule has 0 saturated heterocycles. The minimum atomic E-state index is 0.350. The summed E-state index contributed by atoms with van der Waals surface area (Å²) in [7, 11) is 0. The molecular formula is C13H17N3. The Morgan fingerprint density at radius 2 is 2.25 bits per heavy atom. The average Bonchev–Trinajstić information content (AvgIpc) is 2.78. The number of aryl methyl sites for hydroxylation is 1. The van der Waals surface area contributed by atoms with Gasteiger partial charge in [-0.1, -0.05) is 29.8 Å². The number of hydrogen-bond donors (Lipinski definition) is 2.